The van der Waals surface area contributed by atoms with Crippen molar-refractivity contribution in [2.75, 3.05) is 26.2 Å². The number of halogens is 1. The van der Waals surface area contributed by atoms with E-state index in [-0.39, 0.29) is 5.91 Å². The summed E-state index contributed by atoms with van der Waals surface area (Å²) in [5.74, 6) is 0.0793. The maximum Gasteiger partial charge on any atom is 0.221 e. The minimum Gasteiger partial charge on any atom is -0.352 e. The van der Waals surface area contributed by atoms with E-state index in [2.05, 4.69) is 22.5 Å². The second kappa shape index (κ2) is 7.62. The number of carbonyl (C=O) groups is 1. The fourth-order valence-corrected chi connectivity index (χ4v) is 2.59. The fraction of sp³-hybridized carbons (Fsp3) is 0.533. The van der Waals surface area contributed by atoms with Crippen LogP contribution in [0.15, 0.2) is 24.3 Å². The predicted octanol–water partition coefficient (Wildman–Crippen LogP) is 1.64. The largest absolute Gasteiger partial charge is 0.352 e. The molecule has 0 unspecified atom stereocenters. The van der Waals surface area contributed by atoms with Crippen molar-refractivity contribution < 1.29 is 4.79 Å². The molecule has 0 radical (unpaired) electrons. The molecule has 0 aliphatic carbocycles. The zero-order chi connectivity index (χ0) is 14.4. The highest BCUT2D eigenvalue weighted by molar-refractivity contribution is 6.31. The molecule has 0 spiro atoms. The molecule has 5 heteroatoms. The van der Waals surface area contributed by atoms with Crippen molar-refractivity contribution >= 4 is 17.5 Å². The molecule has 1 fully saturated rings. The van der Waals surface area contributed by atoms with Crippen LogP contribution in [0, 0.1) is 0 Å². The molecule has 2 N–H and O–H groups in total. The van der Waals surface area contributed by atoms with Gasteiger partial charge in [0.2, 0.25) is 5.91 Å². The minimum absolute atomic E-state index is 0.0793. The average Bonchev–Trinajstić information content (AvgIpc) is 2.45. The van der Waals surface area contributed by atoms with Gasteiger partial charge in [0.05, 0.1) is 0 Å². The van der Waals surface area contributed by atoms with Gasteiger partial charge in [0, 0.05) is 50.2 Å². The number of nitrogens with zero attached hydrogens (tertiary/aromatic N) is 1. The SMILES string of the molecule is C[C@H]1CNCCN1CCC(=O)NCc1ccccc1Cl. The Kier molecular flexibility index (Phi) is 5.83. The zero-order valence-electron chi connectivity index (χ0n) is 11.9. The van der Waals surface area contributed by atoms with Crippen LogP contribution in [0.2, 0.25) is 5.02 Å². The highest BCUT2D eigenvalue weighted by Gasteiger charge is 2.18. The minimum atomic E-state index is 0.0793. The molecule has 1 saturated heterocycles. The maximum absolute atomic E-state index is 11.9. The fourth-order valence-electron chi connectivity index (χ4n) is 2.38. The second-order valence-electron chi connectivity index (χ2n) is 5.21. The summed E-state index contributed by atoms with van der Waals surface area (Å²) in [5.41, 5.74) is 0.957. The van der Waals surface area contributed by atoms with E-state index in [9.17, 15) is 4.79 Å². The quantitative estimate of drug-likeness (QED) is 0.868. The first-order valence-electron chi connectivity index (χ1n) is 7.11. The van der Waals surface area contributed by atoms with E-state index in [4.69, 9.17) is 11.6 Å². The first kappa shape index (κ1) is 15.3. The molecular weight excluding hydrogens is 274 g/mol. The Hall–Kier alpha value is -1.10. The number of benzene rings is 1. The Morgan fingerprint density at radius 2 is 2.30 bits per heavy atom. The van der Waals surface area contributed by atoms with Crippen molar-refractivity contribution in [3.8, 4) is 0 Å². The van der Waals surface area contributed by atoms with Gasteiger partial charge in [0.25, 0.3) is 0 Å². The van der Waals surface area contributed by atoms with Gasteiger partial charge in [-0.2, -0.15) is 0 Å². The van der Waals surface area contributed by atoms with Gasteiger partial charge in [0.15, 0.2) is 0 Å². The van der Waals surface area contributed by atoms with Gasteiger partial charge in [-0.15, -0.1) is 0 Å². The summed E-state index contributed by atoms with van der Waals surface area (Å²) in [6, 6.07) is 8.09. The third-order valence-corrected chi connectivity index (χ3v) is 4.07. The molecule has 1 amide bonds. The topological polar surface area (TPSA) is 44.4 Å². The van der Waals surface area contributed by atoms with Gasteiger partial charge in [-0.05, 0) is 18.6 Å². The van der Waals surface area contributed by atoms with Crippen LogP contribution in [0.5, 0.6) is 0 Å². The van der Waals surface area contributed by atoms with Crippen molar-refractivity contribution in [3.05, 3.63) is 34.9 Å². The lowest BCUT2D eigenvalue weighted by Gasteiger charge is -2.33. The Morgan fingerprint density at radius 3 is 3.05 bits per heavy atom. The lowest BCUT2D eigenvalue weighted by atomic mass is 10.2. The predicted molar refractivity (Wildman–Crippen MR) is 81.8 cm³/mol. The molecule has 1 atom stereocenters. The van der Waals surface area contributed by atoms with Gasteiger partial charge in [-0.1, -0.05) is 29.8 Å². The van der Waals surface area contributed by atoms with Crippen molar-refractivity contribution in [1.29, 1.82) is 0 Å². The number of hydrogen-bond donors (Lipinski definition) is 2. The van der Waals surface area contributed by atoms with Crippen LogP contribution in [-0.2, 0) is 11.3 Å². The van der Waals surface area contributed by atoms with Crippen LogP contribution >= 0.6 is 11.6 Å². The van der Waals surface area contributed by atoms with Gasteiger partial charge in [-0.25, -0.2) is 0 Å². The summed E-state index contributed by atoms with van der Waals surface area (Å²) in [4.78, 5) is 14.2. The van der Waals surface area contributed by atoms with E-state index >= 15 is 0 Å². The summed E-state index contributed by atoms with van der Waals surface area (Å²) in [5, 5.41) is 6.97. The number of rotatable bonds is 5. The first-order valence-corrected chi connectivity index (χ1v) is 7.49. The van der Waals surface area contributed by atoms with Gasteiger partial charge in [-0.3, -0.25) is 9.69 Å². The van der Waals surface area contributed by atoms with Crippen molar-refractivity contribution in [2.45, 2.75) is 25.9 Å². The number of carbonyl (C=O) groups excluding carboxylic acids is 1. The van der Waals surface area contributed by atoms with Crippen LogP contribution < -0.4 is 10.6 Å². The molecule has 1 aliphatic rings. The number of nitrogens with one attached hydrogen (secondary N) is 2. The lowest BCUT2D eigenvalue weighted by Crippen LogP contribution is -2.50. The van der Waals surface area contributed by atoms with Gasteiger partial charge < -0.3 is 10.6 Å². The zero-order valence-corrected chi connectivity index (χ0v) is 12.6. The molecule has 0 saturated carbocycles. The standard InChI is InChI=1S/C15H22ClN3O/c1-12-10-17-7-9-19(12)8-6-15(20)18-11-13-4-2-3-5-14(13)16/h2-5,12,17H,6-11H2,1H3,(H,18,20)/t12-/m0/s1. The van der Waals surface area contributed by atoms with Crippen LogP contribution in [0.3, 0.4) is 0 Å². The van der Waals surface area contributed by atoms with Crippen LogP contribution in [0.25, 0.3) is 0 Å². The smallest absolute Gasteiger partial charge is 0.221 e. The van der Waals surface area contributed by atoms with Crippen LogP contribution in [-0.4, -0.2) is 43.0 Å². The molecular formula is C15H22ClN3O. The summed E-state index contributed by atoms with van der Waals surface area (Å²) in [6.07, 6.45) is 0.537. The van der Waals surface area contributed by atoms with E-state index in [1.54, 1.807) is 0 Å². The van der Waals surface area contributed by atoms with Crippen molar-refractivity contribution in [1.82, 2.24) is 15.5 Å². The number of piperazine rings is 1. The summed E-state index contributed by atoms with van der Waals surface area (Å²) < 4.78 is 0. The molecule has 4 nitrogen and oxygen atoms in total. The Balaban J connectivity index is 1.71. The second-order valence-corrected chi connectivity index (χ2v) is 5.61. The summed E-state index contributed by atoms with van der Waals surface area (Å²) >= 11 is 6.06. The summed E-state index contributed by atoms with van der Waals surface area (Å²) in [7, 11) is 0. The molecule has 20 heavy (non-hydrogen) atoms. The highest BCUT2D eigenvalue weighted by Crippen LogP contribution is 2.14. The molecule has 110 valence electrons. The molecule has 0 bridgehead atoms. The molecule has 1 aromatic carbocycles. The van der Waals surface area contributed by atoms with Crippen LogP contribution in [0.4, 0.5) is 0 Å². The average molecular weight is 296 g/mol. The Bertz CT molecular complexity index is 452. The molecule has 0 aromatic heterocycles. The van der Waals surface area contributed by atoms with E-state index in [1.807, 2.05) is 24.3 Å². The normalized spacial score (nSPS) is 19.8. The van der Waals surface area contributed by atoms with Gasteiger partial charge in [0.1, 0.15) is 0 Å². The highest BCUT2D eigenvalue weighted by atomic mass is 35.5. The number of hydrogen-bond acceptors (Lipinski definition) is 3. The Labute approximate surface area is 125 Å². The molecule has 1 heterocycles. The molecule has 1 aromatic rings. The maximum atomic E-state index is 11.9. The number of amides is 1. The lowest BCUT2D eigenvalue weighted by molar-refractivity contribution is -0.121. The van der Waals surface area contributed by atoms with E-state index < -0.39 is 0 Å². The van der Waals surface area contributed by atoms with Crippen molar-refractivity contribution in [2.24, 2.45) is 0 Å². The van der Waals surface area contributed by atoms with E-state index in [0.29, 0.717) is 24.0 Å². The molecule has 1 aliphatic heterocycles. The van der Waals surface area contributed by atoms with E-state index in [0.717, 1.165) is 31.7 Å². The van der Waals surface area contributed by atoms with Gasteiger partial charge >= 0.3 is 0 Å². The Morgan fingerprint density at radius 1 is 1.50 bits per heavy atom. The summed E-state index contributed by atoms with van der Waals surface area (Å²) in [6.45, 7) is 6.52. The van der Waals surface area contributed by atoms with Crippen molar-refractivity contribution in [3.63, 3.8) is 0 Å². The van der Waals surface area contributed by atoms with E-state index in [1.165, 1.54) is 0 Å². The third kappa shape index (κ3) is 4.47. The first-order chi connectivity index (χ1) is 9.66. The third-order valence-electron chi connectivity index (χ3n) is 3.70. The van der Waals surface area contributed by atoms with Crippen LogP contribution in [0.1, 0.15) is 18.9 Å². The molecule has 2 rings (SSSR count). The monoisotopic (exact) mass is 295 g/mol.